The second kappa shape index (κ2) is 4.85. The highest BCUT2D eigenvalue weighted by Gasteiger charge is 2.07. The first-order valence-corrected chi connectivity index (χ1v) is 5.09. The minimum atomic E-state index is 0.165. The molecule has 0 saturated carbocycles. The first kappa shape index (κ1) is 10.8. The molecule has 0 bridgehead atoms. The van der Waals surface area contributed by atoms with E-state index in [1.807, 2.05) is 13.1 Å². The van der Waals surface area contributed by atoms with Gasteiger partial charge in [-0.3, -0.25) is 4.99 Å². The number of nitrogens with one attached hydrogen (secondary N) is 1. The van der Waals surface area contributed by atoms with Gasteiger partial charge in [-0.2, -0.15) is 0 Å². The Morgan fingerprint density at radius 2 is 2.21 bits per heavy atom. The van der Waals surface area contributed by atoms with Gasteiger partial charge in [0.25, 0.3) is 0 Å². The summed E-state index contributed by atoms with van der Waals surface area (Å²) >= 11 is 0. The minimum absolute atomic E-state index is 0.165. The molecule has 0 aromatic rings. The van der Waals surface area contributed by atoms with E-state index in [4.69, 9.17) is 0 Å². The van der Waals surface area contributed by atoms with Crippen molar-refractivity contribution in [3.8, 4) is 0 Å². The number of hydrogen-bond acceptors (Lipinski definition) is 2. The largest absolute Gasteiger partial charge is 0.380 e. The number of nitrogens with zero attached hydrogens (tertiary/aromatic N) is 1. The predicted octanol–water partition coefficient (Wildman–Crippen LogP) is 2.29. The molecule has 0 aliphatic carbocycles. The molecule has 0 spiro atoms. The zero-order valence-corrected chi connectivity index (χ0v) is 9.39. The second-order valence-corrected chi connectivity index (χ2v) is 4.08. The van der Waals surface area contributed by atoms with Crippen LogP contribution in [0.3, 0.4) is 0 Å². The summed E-state index contributed by atoms with van der Waals surface area (Å²) in [5, 5.41) is 3.35. The van der Waals surface area contributed by atoms with E-state index in [-0.39, 0.29) is 6.04 Å². The lowest BCUT2D eigenvalue weighted by atomic mass is 10.2. The average Bonchev–Trinajstić information content (AvgIpc) is 2.27. The zero-order valence-electron chi connectivity index (χ0n) is 9.39. The molecule has 0 fully saturated rings. The molecule has 1 heterocycles. The highest BCUT2D eigenvalue weighted by Crippen LogP contribution is 2.05. The lowest BCUT2D eigenvalue weighted by molar-refractivity contribution is 0.577. The van der Waals surface area contributed by atoms with Crippen molar-refractivity contribution in [1.29, 1.82) is 0 Å². The maximum atomic E-state index is 4.38. The summed E-state index contributed by atoms with van der Waals surface area (Å²) in [6.45, 7) is 9.37. The topological polar surface area (TPSA) is 24.4 Å². The molecule has 76 valence electrons. The maximum Gasteiger partial charge on any atom is 0.0948 e. The molecule has 0 unspecified atom stereocenters. The molecule has 14 heavy (non-hydrogen) atoms. The van der Waals surface area contributed by atoms with E-state index in [1.165, 1.54) is 0 Å². The smallest absolute Gasteiger partial charge is 0.0948 e. The van der Waals surface area contributed by atoms with E-state index in [2.05, 4.69) is 42.5 Å². The quantitative estimate of drug-likeness (QED) is 0.678. The van der Waals surface area contributed by atoms with Crippen LogP contribution in [0.25, 0.3) is 0 Å². The van der Waals surface area contributed by atoms with Crippen LogP contribution >= 0.6 is 0 Å². The number of hydrogen-bond donors (Lipinski definition) is 1. The second-order valence-electron chi connectivity index (χ2n) is 4.08. The molecule has 0 aromatic heterocycles. The van der Waals surface area contributed by atoms with Crippen LogP contribution in [0, 0.1) is 5.92 Å². The lowest BCUT2D eigenvalue weighted by Gasteiger charge is -2.13. The Morgan fingerprint density at radius 1 is 1.50 bits per heavy atom. The van der Waals surface area contributed by atoms with Crippen molar-refractivity contribution in [2.75, 3.05) is 6.54 Å². The molecule has 1 rings (SSSR count). The summed E-state index contributed by atoms with van der Waals surface area (Å²) < 4.78 is 0. The summed E-state index contributed by atoms with van der Waals surface area (Å²) in [7, 11) is 0. The van der Waals surface area contributed by atoms with Crippen LogP contribution in [0.4, 0.5) is 0 Å². The monoisotopic (exact) mass is 190 g/mol. The van der Waals surface area contributed by atoms with Crippen LogP contribution in [-0.4, -0.2) is 18.8 Å². The molecule has 0 amide bonds. The van der Waals surface area contributed by atoms with Gasteiger partial charge in [-0.25, -0.2) is 0 Å². The first-order valence-electron chi connectivity index (χ1n) is 5.09. The Labute approximate surface area is 86.1 Å². The fraction of sp³-hybridized carbons (Fsp3) is 0.583. The van der Waals surface area contributed by atoms with E-state index >= 15 is 0 Å². The molecule has 0 radical (unpaired) electrons. The van der Waals surface area contributed by atoms with Gasteiger partial charge in [0.2, 0.25) is 0 Å². The van der Waals surface area contributed by atoms with Gasteiger partial charge in [-0.15, -0.1) is 0 Å². The highest BCUT2D eigenvalue weighted by molar-refractivity contribution is 5.78. The minimum Gasteiger partial charge on any atom is -0.380 e. The van der Waals surface area contributed by atoms with Gasteiger partial charge in [-0.05, 0) is 25.5 Å². The Bertz CT molecular complexity index is 324. The zero-order chi connectivity index (χ0) is 10.6. The van der Waals surface area contributed by atoms with Crippen molar-refractivity contribution in [3.05, 3.63) is 22.7 Å². The molecule has 0 aromatic carbocycles. The lowest BCUT2D eigenvalue weighted by Crippen LogP contribution is -2.24. The summed E-state index contributed by atoms with van der Waals surface area (Å²) in [6, 6.07) is 0.165. The van der Waals surface area contributed by atoms with E-state index in [1.54, 1.807) is 0 Å². The highest BCUT2D eigenvalue weighted by atomic mass is 14.9. The van der Waals surface area contributed by atoms with E-state index < -0.39 is 0 Å². The SMILES string of the molecule is CC1=C=C=C(NCC(C)C)[C@@H](C)N=C1. The van der Waals surface area contributed by atoms with Crippen LogP contribution in [0.5, 0.6) is 0 Å². The average molecular weight is 190 g/mol. The summed E-state index contributed by atoms with van der Waals surface area (Å²) in [6.07, 6.45) is 1.85. The third-order valence-electron chi connectivity index (χ3n) is 2.00. The number of rotatable bonds is 3. The van der Waals surface area contributed by atoms with Gasteiger partial charge in [-0.1, -0.05) is 19.6 Å². The van der Waals surface area contributed by atoms with Crippen molar-refractivity contribution >= 4 is 6.21 Å². The Balaban J connectivity index is 2.76. The molecule has 1 N–H and O–H groups in total. The van der Waals surface area contributed by atoms with Gasteiger partial charge in [0.15, 0.2) is 0 Å². The van der Waals surface area contributed by atoms with Gasteiger partial charge >= 0.3 is 0 Å². The summed E-state index contributed by atoms with van der Waals surface area (Å²) in [4.78, 5) is 4.38. The maximum absolute atomic E-state index is 4.38. The van der Waals surface area contributed by atoms with Crippen LogP contribution < -0.4 is 5.32 Å². The van der Waals surface area contributed by atoms with Crippen LogP contribution in [0.1, 0.15) is 27.7 Å². The van der Waals surface area contributed by atoms with E-state index in [0.717, 1.165) is 17.8 Å². The number of aliphatic imine (C=N–C) groups is 1. The van der Waals surface area contributed by atoms with Crippen LogP contribution in [0.15, 0.2) is 27.7 Å². The standard InChI is InChI=1S/C12H18N2/c1-9(2)7-14-12-6-5-10(3)8-13-11(12)4/h8-9,11,14H,7H2,1-4H3/t11-/m1/s1. The van der Waals surface area contributed by atoms with Crippen LogP contribution in [0.2, 0.25) is 0 Å². The molecule has 1 aliphatic heterocycles. The predicted molar refractivity (Wildman–Crippen MR) is 60.5 cm³/mol. The molecular formula is C12H18N2. The fourth-order valence-electron chi connectivity index (χ4n) is 1.11. The molecule has 1 aliphatic rings. The number of allylic oxidation sites excluding steroid dienone is 1. The van der Waals surface area contributed by atoms with Gasteiger partial charge in [0.1, 0.15) is 0 Å². The van der Waals surface area contributed by atoms with E-state index in [9.17, 15) is 0 Å². The Hall–Kier alpha value is -1.23. The molecular weight excluding hydrogens is 172 g/mol. The van der Waals surface area contributed by atoms with Gasteiger partial charge in [0.05, 0.1) is 11.7 Å². The van der Waals surface area contributed by atoms with Crippen molar-refractivity contribution in [2.24, 2.45) is 10.9 Å². The third-order valence-corrected chi connectivity index (χ3v) is 2.00. The summed E-state index contributed by atoms with van der Waals surface area (Å²) in [5.74, 6) is 0.633. The van der Waals surface area contributed by atoms with Crippen molar-refractivity contribution in [1.82, 2.24) is 5.32 Å². The Morgan fingerprint density at radius 3 is 2.86 bits per heavy atom. The first-order chi connectivity index (χ1) is 6.59. The summed E-state index contributed by atoms with van der Waals surface area (Å²) in [5.41, 5.74) is 8.26. The molecule has 0 saturated heterocycles. The fourth-order valence-corrected chi connectivity index (χ4v) is 1.11. The van der Waals surface area contributed by atoms with Gasteiger partial charge < -0.3 is 5.32 Å². The van der Waals surface area contributed by atoms with E-state index in [0.29, 0.717) is 5.92 Å². The van der Waals surface area contributed by atoms with Crippen LogP contribution in [-0.2, 0) is 0 Å². The van der Waals surface area contributed by atoms with Crippen molar-refractivity contribution in [2.45, 2.75) is 33.7 Å². The van der Waals surface area contributed by atoms with Crippen molar-refractivity contribution < 1.29 is 0 Å². The van der Waals surface area contributed by atoms with Crippen molar-refractivity contribution in [3.63, 3.8) is 0 Å². The molecule has 2 nitrogen and oxygen atoms in total. The molecule has 1 atom stereocenters. The Kier molecular flexibility index (Phi) is 3.76. The normalized spacial score (nSPS) is 20.5. The third kappa shape index (κ3) is 3.26. The van der Waals surface area contributed by atoms with Gasteiger partial charge in [0, 0.05) is 18.3 Å². The molecule has 2 heteroatoms.